The minimum Gasteiger partial charge on any atom is -0.391 e. The normalized spacial score (nSPS) is 12.1. The molecule has 0 bridgehead atoms. The van der Waals surface area contributed by atoms with Crippen LogP contribution in [-0.2, 0) is 11.2 Å². The first kappa shape index (κ1) is 16.7. The number of aliphatic hydroxyl groups is 1. The van der Waals surface area contributed by atoms with E-state index in [1.165, 1.54) is 5.56 Å². The highest BCUT2D eigenvalue weighted by Crippen LogP contribution is 2.16. The molecule has 1 rings (SSSR count). The fourth-order valence-corrected chi connectivity index (χ4v) is 2.11. The van der Waals surface area contributed by atoms with E-state index in [2.05, 4.69) is 31.4 Å². The van der Waals surface area contributed by atoms with E-state index in [1.54, 1.807) is 6.92 Å². The molecule has 0 saturated heterocycles. The van der Waals surface area contributed by atoms with Gasteiger partial charge in [-0.3, -0.25) is 0 Å². The zero-order valence-corrected chi connectivity index (χ0v) is 12.5. The molecule has 110 valence electrons. The van der Waals surface area contributed by atoms with Crippen LogP contribution < -0.4 is 0 Å². The summed E-state index contributed by atoms with van der Waals surface area (Å²) in [5, 5.41) is 9.06. The van der Waals surface area contributed by atoms with Crippen molar-refractivity contribution < 1.29 is 9.84 Å². The summed E-state index contributed by atoms with van der Waals surface area (Å²) >= 11 is 0. The minimum atomic E-state index is -0.365. The van der Waals surface area contributed by atoms with Gasteiger partial charge in [-0.05, 0) is 42.9 Å². The Labute approximate surface area is 122 Å². The maximum atomic E-state index is 9.06. The van der Waals surface area contributed by atoms with E-state index in [4.69, 9.17) is 9.84 Å². The van der Waals surface area contributed by atoms with E-state index in [0.717, 1.165) is 43.4 Å². The van der Waals surface area contributed by atoms with Gasteiger partial charge in [0, 0.05) is 6.61 Å². The van der Waals surface area contributed by atoms with Crippen molar-refractivity contribution >= 4 is 12.2 Å². The second-order valence-corrected chi connectivity index (χ2v) is 5.11. The number of benzene rings is 1. The second kappa shape index (κ2) is 9.51. The quantitative estimate of drug-likeness (QED) is 0.651. The summed E-state index contributed by atoms with van der Waals surface area (Å²) in [6, 6.07) is 6.45. The number of unbranched alkanes of at least 4 members (excludes halogenated alkanes) is 2. The third kappa shape index (κ3) is 6.18. The van der Waals surface area contributed by atoms with E-state index < -0.39 is 0 Å². The van der Waals surface area contributed by atoms with Gasteiger partial charge < -0.3 is 9.84 Å². The van der Waals surface area contributed by atoms with Crippen molar-refractivity contribution in [3.8, 4) is 0 Å². The van der Waals surface area contributed by atoms with Gasteiger partial charge in [-0.1, -0.05) is 49.9 Å². The lowest BCUT2D eigenvalue weighted by Gasteiger charge is -2.07. The van der Waals surface area contributed by atoms with Crippen LogP contribution in [0.5, 0.6) is 0 Å². The summed E-state index contributed by atoms with van der Waals surface area (Å²) < 4.78 is 5.34. The third-order valence-corrected chi connectivity index (χ3v) is 3.20. The number of hydrogen-bond acceptors (Lipinski definition) is 2. The molecule has 0 amide bonds. The van der Waals surface area contributed by atoms with E-state index in [-0.39, 0.29) is 6.10 Å². The Balaban J connectivity index is 2.25. The molecule has 1 atom stereocenters. The molecule has 0 saturated carbocycles. The maximum Gasteiger partial charge on any atom is 0.0745 e. The summed E-state index contributed by atoms with van der Waals surface area (Å²) in [6.07, 6.45) is 7.80. The van der Waals surface area contributed by atoms with Gasteiger partial charge in [-0.2, -0.15) is 0 Å². The summed E-state index contributed by atoms with van der Waals surface area (Å²) in [7, 11) is 0. The van der Waals surface area contributed by atoms with Crippen molar-refractivity contribution in [2.75, 3.05) is 13.2 Å². The Morgan fingerprint density at radius 1 is 1.15 bits per heavy atom. The lowest BCUT2D eigenvalue weighted by molar-refractivity contribution is 0.0445. The first-order valence-corrected chi connectivity index (χ1v) is 7.31. The van der Waals surface area contributed by atoms with Crippen LogP contribution in [0.4, 0.5) is 0 Å². The Bertz CT molecular complexity index is 421. The van der Waals surface area contributed by atoms with Crippen LogP contribution in [0.15, 0.2) is 31.4 Å². The van der Waals surface area contributed by atoms with E-state index in [0.29, 0.717) is 6.61 Å². The fourth-order valence-electron chi connectivity index (χ4n) is 2.11. The van der Waals surface area contributed by atoms with Crippen molar-refractivity contribution in [3.05, 3.63) is 48.0 Å². The lowest BCUT2D eigenvalue weighted by atomic mass is 10.0. The minimum absolute atomic E-state index is 0.365. The van der Waals surface area contributed by atoms with Gasteiger partial charge in [0.2, 0.25) is 0 Å². The van der Waals surface area contributed by atoms with Crippen LogP contribution >= 0.6 is 0 Å². The van der Waals surface area contributed by atoms with E-state index in [1.807, 2.05) is 12.2 Å². The molecule has 1 N–H and O–H groups in total. The molecule has 0 aliphatic carbocycles. The van der Waals surface area contributed by atoms with Gasteiger partial charge >= 0.3 is 0 Å². The lowest BCUT2D eigenvalue weighted by Crippen LogP contribution is -2.10. The topological polar surface area (TPSA) is 29.5 Å². The van der Waals surface area contributed by atoms with Crippen molar-refractivity contribution in [1.82, 2.24) is 0 Å². The average Bonchev–Trinajstić information content (AvgIpc) is 2.45. The van der Waals surface area contributed by atoms with E-state index >= 15 is 0 Å². The zero-order valence-electron chi connectivity index (χ0n) is 12.5. The Morgan fingerprint density at radius 2 is 1.90 bits per heavy atom. The van der Waals surface area contributed by atoms with Gasteiger partial charge in [0.05, 0.1) is 12.7 Å². The highest BCUT2D eigenvalue weighted by atomic mass is 16.5. The van der Waals surface area contributed by atoms with Gasteiger partial charge in [0.1, 0.15) is 0 Å². The monoisotopic (exact) mass is 274 g/mol. The highest BCUT2D eigenvalue weighted by molar-refractivity contribution is 5.64. The fraction of sp³-hybridized carbons (Fsp3) is 0.444. The van der Waals surface area contributed by atoms with Crippen LogP contribution in [0.1, 0.15) is 42.9 Å². The van der Waals surface area contributed by atoms with Crippen LogP contribution in [0, 0.1) is 0 Å². The predicted octanol–water partition coefficient (Wildman–Crippen LogP) is 4.08. The molecule has 0 heterocycles. The smallest absolute Gasteiger partial charge is 0.0745 e. The standard InChI is InChI=1S/C18H26O2/c1-4-17-11-10-16(13-18(17)5-2)9-7-6-8-12-20-14-15(3)19/h4-5,10-11,13,15,19H,1-2,6-9,12,14H2,3H3. The van der Waals surface area contributed by atoms with Gasteiger partial charge in [0.15, 0.2) is 0 Å². The molecule has 0 aromatic heterocycles. The molecule has 0 fully saturated rings. The first-order chi connectivity index (χ1) is 9.67. The molecule has 0 radical (unpaired) electrons. The maximum absolute atomic E-state index is 9.06. The van der Waals surface area contributed by atoms with Gasteiger partial charge in [-0.25, -0.2) is 0 Å². The molecule has 20 heavy (non-hydrogen) atoms. The molecule has 0 spiro atoms. The SMILES string of the molecule is C=Cc1ccc(CCCCCOCC(C)O)cc1C=C. The molecule has 0 aliphatic heterocycles. The van der Waals surface area contributed by atoms with E-state index in [9.17, 15) is 0 Å². The number of aliphatic hydroxyl groups excluding tert-OH is 1. The van der Waals surface area contributed by atoms with Gasteiger partial charge in [0.25, 0.3) is 0 Å². The summed E-state index contributed by atoms with van der Waals surface area (Å²) in [5.74, 6) is 0. The molecular formula is C18H26O2. The second-order valence-electron chi connectivity index (χ2n) is 5.11. The average molecular weight is 274 g/mol. The molecule has 1 aromatic rings. The van der Waals surface area contributed by atoms with Gasteiger partial charge in [-0.15, -0.1) is 0 Å². The number of ether oxygens (including phenoxy) is 1. The Hall–Kier alpha value is -1.38. The van der Waals surface area contributed by atoms with Crippen LogP contribution in [0.25, 0.3) is 12.2 Å². The highest BCUT2D eigenvalue weighted by Gasteiger charge is 2.00. The van der Waals surface area contributed by atoms with Crippen LogP contribution in [0.3, 0.4) is 0 Å². The molecule has 1 aromatic carbocycles. The van der Waals surface area contributed by atoms with Crippen LogP contribution in [0.2, 0.25) is 0 Å². The van der Waals surface area contributed by atoms with Crippen molar-refractivity contribution in [2.45, 2.75) is 38.7 Å². The predicted molar refractivity (Wildman–Crippen MR) is 86.7 cm³/mol. The van der Waals surface area contributed by atoms with Crippen LogP contribution in [-0.4, -0.2) is 24.4 Å². The largest absolute Gasteiger partial charge is 0.391 e. The molecule has 2 heteroatoms. The number of rotatable bonds is 10. The molecule has 2 nitrogen and oxygen atoms in total. The van der Waals surface area contributed by atoms with Crippen molar-refractivity contribution in [1.29, 1.82) is 0 Å². The summed E-state index contributed by atoms with van der Waals surface area (Å²) in [5.41, 5.74) is 3.63. The third-order valence-electron chi connectivity index (χ3n) is 3.20. The number of hydrogen-bond donors (Lipinski definition) is 1. The summed E-state index contributed by atoms with van der Waals surface area (Å²) in [6.45, 7) is 10.6. The molecular weight excluding hydrogens is 248 g/mol. The Morgan fingerprint density at radius 3 is 2.55 bits per heavy atom. The Kier molecular flexibility index (Phi) is 7.93. The zero-order chi connectivity index (χ0) is 14.8. The molecule has 0 aliphatic rings. The summed E-state index contributed by atoms with van der Waals surface area (Å²) in [4.78, 5) is 0. The van der Waals surface area contributed by atoms with Crippen molar-refractivity contribution in [2.24, 2.45) is 0 Å². The van der Waals surface area contributed by atoms with Crippen molar-refractivity contribution in [3.63, 3.8) is 0 Å². The first-order valence-electron chi connectivity index (χ1n) is 7.31. The number of aryl methyl sites for hydroxylation is 1. The molecule has 1 unspecified atom stereocenters.